The molecule has 2 aliphatic rings. The third-order valence-electron chi connectivity index (χ3n) is 4.84. The predicted molar refractivity (Wildman–Crippen MR) is 112 cm³/mol. The van der Waals surface area contributed by atoms with Crippen LogP contribution in [0.25, 0.3) is 0 Å². The molecule has 142 valence electrons. The summed E-state index contributed by atoms with van der Waals surface area (Å²) in [5.74, 6) is 2.79. The Balaban J connectivity index is 0.00000225. The Morgan fingerprint density at radius 2 is 2.16 bits per heavy atom. The molecule has 2 heterocycles. The smallest absolute Gasteiger partial charge is 0.191 e. The van der Waals surface area contributed by atoms with Crippen molar-refractivity contribution in [3.63, 3.8) is 0 Å². The number of hydrogen-bond acceptors (Lipinski definition) is 4. The molecular formula is C18H32IN5O. The Labute approximate surface area is 168 Å². The first kappa shape index (κ1) is 20.5. The first-order valence-corrected chi connectivity index (χ1v) is 9.37. The monoisotopic (exact) mass is 461 g/mol. The second kappa shape index (κ2) is 9.75. The van der Waals surface area contributed by atoms with E-state index in [1.54, 1.807) is 0 Å². The van der Waals surface area contributed by atoms with Crippen LogP contribution in [0, 0.1) is 5.92 Å². The van der Waals surface area contributed by atoms with Gasteiger partial charge in [-0.3, -0.25) is 0 Å². The third-order valence-corrected chi connectivity index (χ3v) is 4.84. The van der Waals surface area contributed by atoms with Gasteiger partial charge in [0.15, 0.2) is 11.7 Å². The van der Waals surface area contributed by atoms with E-state index in [0.717, 1.165) is 42.5 Å². The van der Waals surface area contributed by atoms with E-state index in [4.69, 9.17) is 4.52 Å². The Morgan fingerprint density at radius 3 is 2.80 bits per heavy atom. The molecule has 25 heavy (non-hydrogen) atoms. The normalized spacial score (nSPS) is 21.4. The molecular weight excluding hydrogens is 429 g/mol. The van der Waals surface area contributed by atoms with E-state index in [0.29, 0.717) is 12.5 Å². The number of halogens is 1. The fraction of sp³-hybridized carbons (Fsp3) is 0.778. The van der Waals surface area contributed by atoms with Crippen molar-refractivity contribution in [2.24, 2.45) is 10.9 Å². The zero-order valence-corrected chi connectivity index (χ0v) is 18.0. The standard InChI is InChI=1S/C18H31N5O.HI/c1-4-19-18(21-11-16-9-17(13(2)3)22-24-16)20-10-14-7-8-23(12-14)15-5-6-15;/h9,13-15H,4-8,10-12H2,1-3H3,(H2,19,20,21);1H. The number of nitrogens with zero attached hydrogens (tertiary/aromatic N) is 3. The molecule has 0 aromatic carbocycles. The number of aromatic nitrogens is 1. The zero-order valence-electron chi connectivity index (χ0n) is 15.6. The quantitative estimate of drug-likeness (QED) is 0.372. The largest absolute Gasteiger partial charge is 0.359 e. The minimum Gasteiger partial charge on any atom is -0.359 e. The SMILES string of the molecule is CCNC(=NCc1cc(C(C)C)no1)NCC1CCN(C2CC2)C1.I. The maximum atomic E-state index is 5.36. The second-order valence-corrected chi connectivity index (χ2v) is 7.33. The fourth-order valence-corrected chi connectivity index (χ4v) is 3.22. The number of guanidine groups is 1. The van der Waals surface area contributed by atoms with Gasteiger partial charge >= 0.3 is 0 Å². The van der Waals surface area contributed by atoms with Crippen molar-refractivity contribution in [1.82, 2.24) is 20.7 Å². The summed E-state index contributed by atoms with van der Waals surface area (Å²) in [6.45, 7) is 11.2. The fourth-order valence-electron chi connectivity index (χ4n) is 3.22. The summed E-state index contributed by atoms with van der Waals surface area (Å²) < 4.78 is 5.36. The highest BCUT2D eigenvalue weighted by molar-refractivity contribution is 14.0. The van der Waals surface area contributed by atoms with Gasteiger partial charge in [-0.1, -0.05) is 19.0 Å². The molecule has 1 aliphatic carbocycles. The Morgan fingerprint density at radius 1 is 1.36 bits per heavy atom. The van der Waals surface area contributed by atoms with Gasteiger partial charge < -0.3 is 20.1 Å². The molecule has 1 aliphatic heterocycles. The Bertz CT molecular complexity index is 555. The molecule has 1 unspecified atom stereocenters. The summed E-state index contributed by atoms with van der Waals surface area (Å²) in [7, 11) is 0. The van der Waals surface area contributed by atoms with Crippen LogP contribution < -0.4 is 10.6 Å². The van der Waals surface area contributed by atoms with Crippen molar-refractivity contribution < 1.29 is 4.52 Å². The summed E-state index contributed by atoms with van der Waals surface area (Å²) in [5, 5.41) is 10.9. The van der Waals surface area contributed by atoms with Crippen molar-refractivity contribution in [2.75, 3.05) is 26.2 Å². The molecule has 2 N–H and O–H groups in total. The molecule has 0 amide bonds. The zero-order chi connectivity index (χ0) is 16.9. The number of rotatable bonds is 7. The van der Waals surface area contributed by atoms with Gasteiger partial charge in [0, 0.05) is 31.7 Å². The van der Waals surface area contributed by atoms with E-state index in [-0.39, 0.29) is 24.0 Å². The van der Waals surface area contributed by atoms with Gasteiger partial charge in [0.25, 0.3) is 0 Å². The van der Waals surface area contributed by atoms with Crippen molar-refractivity contribution in [1.29, 1.82) is 0 Å². The highest BCUT2D eigenvalue weighted by Gasteiger charge is 2.34. The highest BCUT2D eigenvalue weighted by atomic mass is 127. The number of nitrogens with one attached hydrogen (secondary N) is 2. The average Bonchev–Trinajstić information content (AvgIpc) is 3.12. The molecule has 1 saturated carbocycles. The first-order chi connectivity index (χ1) is 11.7. The average molecular weight is 461 g/mol. The van der Waals surface area contributed by atoms with Gasteiger partial charge in [0.1, 0.15) is 6.54 Å². The maximum absolute atomic E-state index is 5.36. The lowest BCUT2D eigenvalue weighted by molar-refractivity contribution is 0.314. The van der Waals surface area contributed by atoms with Gasteiger partial charge in [-0.2, -0.15) is 0 Å². The summed E-state index contributed by atoms with van der Waals surface area (Å²) >= 11 is 0. The summed E-state index contributed by atoms with van der Waals surface area (Å²) in [6, 6.07) is 2.89. The van der Waals surface area contributed by atoms with Gasteiger partial charge in [-0.25, -0.2) is 4.99 Å². The van der Waals surface area contributed by atoms with Crippen LogP contribution in [-0.2, 0) is 6.54 Å². The molecule has 1 atom stereocenters. The predicted octanol–water partition coefficient (Wildman–Crippen LogP) is 2.96. The second-order valence-electron chi connectivity index (χ2n) is 7.33. The molecule has 2 fully saturated rings. The third kappa shape index (κ3) is 6.13. The van der Waals surface area contributed by atoms with E-state index in [2.05, 4.69) is 46.5 Å². The Kier molecular flexibility index (Phi) is 7.99. The van der Waals surface area contributed by atoms with Crippen LogP contribution in [0.5, 0.6) is 0 Å². The highest BCUT2D eigenvalue weighted by Crippen LogP contribution is 2.31. The van der Waals surface area contributed by atoms with Gasteiger partial charge in [0.05, 0.1) is 5.69 Å². The van der Waals surface area contributed by atoms with Crippen LogP contribution in [0.3, 0.4) is 0 Å². The van der Waals surface area contributed by atoms with Crippen molar-refractivity contribution in [3.8, 4) is 0 Å². The van der Waals surface area contributed by atoms with Crippen LogP contribution in [0.15, 0.2) is 15.6 Å². The molecule has 0 radical (unpaired) electrons. The van der Waals surface area contributed by atoms with E-state index < -0.39 is 0 Å². The summed E-state index contributed by atoms with van der Waals surface area (Å²) in [5.41, 5.74) is 0.990. The van der Waals surface area contributed by atoms with E-state index in [1.165, 1.54) is 32.4 Å². The molecule has 0 bridgehead atoms. The summed E-state index contributed by atoms with van der Waals surface area (Å²) in [4.78, 5) is 7.28. The van der Waals surface area contributed by atoms with E-state index in [1.807, 2.05) is 6.07 Å². The summed E-state index contributed by atoms with van der Waals surface area (Å²) in [6.07, 6.45) is 4.10. The Hall–Kier alpha value is -0.830. The lowest BCUT2D eigenvalue weighted by atomic mass is 10.1. The minimum atomic E-state index is 0. The van der Waals surface area contributed by atoms with Crippen LogP contribution in [0.4, 0.5) is 0 Å². The number of hydrogen-bond donors (Lipinski definition) is 2. The first-order valence-electron chi connectivity index (χ1n) is 9.37. The van der Waals surface area contributed by atoms with Crippen LogP contribution in [0.2, 0.25) is 0 Å². The topological polar surface area (TPSA) is 65.7 Å². The molecule has 6 nitrogen and oxygen atoms in total. The lowest BCUT2D eigenvalue weighted by Gasteiger charge is -2.16. The van der Waals surface area contributed by atoms with Gasteiger partial charge in [-0.05, 0) is 44.6 Å². The number of likely N-dealkylation sites (tertiary alicyclic amines) is 1. The van der Waals surface area contributed by atoms with Crippen LogP contribution >= 0.6 is 24.0 Å². The molecule has 1 saturated heterocycles. The molecule has 0 spiro atoms. The molecule has 3 rings (SSSR count). The molecule has 7 heteroatoms. The van der Waals surface area contributed by atoms with Gasteiger partial charge in [0.2, 0.25) is 0 Å². The van der Waals surface area contributed by atoms with Crippen molar-refractivity contribution >= 4 is 29.9 Å². The van der Waals surface area contributed by atoms with E-state index in [9.17, 15) is 0 Å². The lowest BCUT2D eigenvalue weighted by Crippen LogP contribution is -2.40. The molecule has 1 aromatic rings. The van der Waals surface area contributed by atoms with Crippen LogP contribution in [-0.4, -0.2) is 48.2 Å². The van der Waals surface area contributed by atoms with Gasteiger partial charge in [-0.15, -0.1) is 24.0 Å². The van der Waals surface area contributed by atoms with Crippen LogP contribution in [0.1, 0.15) is 57.4 Å². The maximum Gasteiger partial charge on any atom is 0.191 e. The number of aliphatic imine (C=N–C) groups is 1. The minimum absolute atomic E-state index is 0. The molecule has 1 aromatic heterocycles. The van der Waals surface area contributed by atoms with Crippen molar-refractivity contribution in [2.45, 2.75) is 58.5 Å². The van der Waals surface area contributed by atoms with Crippen molar-refractivity contribution in [3.05, 3.63) is 17.5 Å². The van der Waals surface area contributed by atoms with E-state index >= 15 is 0 Å².